The van der Waals surface area contributed by atoms with Gasteiger partial charge >= 0.3 is 6.09 Å². The van der Waals surface area contributed by atoms with Crippen LogP contribution in [0.25, 0.3) is 21.7 Å². The van der Waals surface area contributed by atoms with Crippen LogP contribution in [-0.2, 0) is 11.8 Å². The quantitative estimate of drug-likeness (QED) is 0.535. The molecule has 1 N–H and O–H groups in total. The van der Waals surface area contributed by atoms with Gasteiger partial charge in [-0.2, -0.15) is 0 Å². The fourth-order valence-corrected chi connectivity index (χ4v) is 3.96. The zero-order valence-electron chi connectivity index (χ0n) is 20.3. The summed E-state index contributed by atoms with van der Waals surface area (Å²) in [5, 5.41) is 4.59. The SMILES string of the molecule is Cc1nccc2c1c(=O)n(C)c1cc(OCC(C)CC(C)NC(=O)OC(C)(C)C)c(F)cc21. The maximum atomic E-state index is 14.9. The van der Waals surface area contributed by atoms with Crippen molar-refractivity contribution in [2.45, 2.75) is 59.6 Å². The van der Waals surface area contributed by atoms with Gasteiger partial charge in [0.05, 0.1) is 23.2 Å². The summed E-state index contributed by atoms with van der Waals surface area (Å²) in [6.07, 6.45) is 1.78. The minimum Gasteiger partial charge on any atom is -0.490 e. The van der Waals surface area contributed by atoms with E-state index in [1.165, 1.54) is 10.6 Å². The summed E-state index contributed by atoms with van der Waals surface area (Å²) >= 11 is 0. The number of halogens is 1. The van der Waals surface area contributed by atoms with Crippen LogP contribution >= 0.6 is 0 Å². The number of nitrogens with zero attached hydrogens (tertiary/aromatic N) is 2. The van der Waals surface area contributed by atoms with E-state index < -0.39 is 17.5 Å². The van der Waals surface area contributed by atoms with Crippen molar-refractivity contribution in [1.29, 1.82) is 0 Å². The maximum absolute atomic E-state index is 14.9. The van der Waals surface area contributed by atoms with Gasteiger partial charge in [0.25, 0.3) is 5.56 Å². The Morgan fingerprint density at radius 1 is 1.24 bits per heavy atom. The van der Waals surface area contributed by atoms with E-state index >= 15 is 0 Å². The van der Waals surface area contributed by atoms with E-state index in [1.807, 2.05) is 34.6 Å². The van der Waals surface area contributed by atoms with Crippen molar-refractivity contribution in [3.63, 3.8) is 0 Å². The second-order valence-electron chi connectivity index (χ2n) is 9.68. The fourth-order valence-electron chi connectivity index (χ4n) is 3.96. The number of carbonyl (C=O) groups excluding carboxylic acids is 1. The van der Waals surface area contributed by atoms with Crippen LogP contribution < -0.4 is 15.6 Å². The molecule has 33 heavy (non-hydrogen) atoms. The number of ether oxygens (including phenoxy) is 2. The Morgan fingerprint density at radius 3 is 2.61 bits per heavy atom. The molecule has 3 rings (SSSR count). The third-order valence-electron chi connectivity index (χ3n) is 5.40. The van der Waals surface area contributed by atoms with Crippen molar-refractivity contribution in [2.75, 3.05) is 6.61 Å². The molecule has 0 aliphatic heterocycles. The lowest BCUT2D eigenvalue weighted by Gasteiger charge is -2.23. The Hall–Kier alpha value is -3.16. The molecule has 8 heteroatoms. The van der Waals surface area contributed by atoms with E-state index in [1.54, 1.807) is 32.3 Å². The zero-order chi connectivity index (χ0) is 24.5. The molecular formula is C25H32FN3O4. The van der Waals surface area contributed by atoms with E-state index in [0.717, 1.165) is 0 Å². The predicted octanol–water partition coefficient (Wildman–Crippen LogP) is 4.85. The number of nitrogens with one attached hydrogen (secondary N) is 1. The molecule has 0 bridgehead atoms. The molecule has 7 nitrogen and oxygen atoms in total. The first-order chi connectivity index (χ1) is 15.4. The number of hydrogen-bond acceptors (Lipinski definition) is 5. The summed E-state index contributed by atoms with van der Waals surface area (Å²) in [5.74, 6) is -0.370. The summed E-state index contributed by atoms with van der Waals surface area (Å²) in [5.41, 5.74) is 0.448. The predicted molar refractivity (Wildman–Crippen MR) is 127 cm³/mol. The maximum Gasteiger partial charge on any atom is 0.407 e. The van der Waals surface area contributed by atoms with Crippen molar-refractivity contribution in [2.24, 2.45) is 13.0 Å². The van der Waals surface area contributed by atoms with Gasteiger partial charge in [-0.15, -0.1) is 0 Å². The van der Waals surface area contributed by atoms with Crippen molar-refractivity contribution < 1.29 is 18.7 Å². The lowest BCUT2D eigenvalue weighted by molar-refractivity contribution is 0.0500. The Morgan fingerprint density at radius 2 is 1.94 bits per heavy atom. The molecular weight excluding hydrogens is 425 g/mol. The van der Waals surface area contributed by atoms with Gasteiger partial charge in [-0.05, 0) is 64.5 Å². The first-order valence-corrected chi connectivity index (χ1v) is 11.1. The average Bonchev–Trinajstić information content (AvgIpc) is 2.69. The third-order valence-corrected chi connectivity index (χ3v) is 5.40. The van der Waals surface area contributed by atoms with Crippen LogP contribution in [0.4, 0.5) is 9.18 Å². The molecule has 0 spiro atoms. The first-order valence-electron chi connectivity index (χ1n) is 11.1. The number of fused-ring (bicyclic) bond motifs is 3. The molecule has 178 valence electrons. The van der Waals surface area contributed by atoms with E-state index in [0.29, 0.717) is 33.8 Å². The zero-order valence-corrected chi connectivity index (χ0v) is 20.3. The number of alkyl carbamates (subject to hydrolysis) is 1. The molecule has 2 heterocycles. The molecule has 0 saturated carbocycles. The van der Waals surface area contributed by atoms with Crippen LogP contribution in [0.1, 0.15) is 46.7 Å². The van der Waals surface area contributed by atoms with Crippen LogP contribution in [0, 0.1) is 18.7 Å². The molecule has 1 aromatic carbocycles. The minimum atomic E-state index is -0.563. The number of benzene rings is 1. The van der Waals surface area contributed by atoms with Gasteiger partial charge in [-0.3, -0.25) is 9.78 Å². The van der Waals surface area contributed by atoms with Gasteiger partial charge in [-0.1, -0.05) is 6.92 Å². The molecule has 2 atom stereocenters. The van der Waals surface area contributed by atoms with Gasteiger partial charge in [0.15, 0.2) is 11.6 Å². The number of amides is 1. The second-order valence-corrected chi connectivity index (χ2v) is 9.68. The average molecular weight is 458 g/mol. The monoisotopic (exact) mass is 457 g/mol. The number of aryl methyl sites for hydroxylation is 2. The normalized spacial score (nSPS) is 13.7. The van der Waals surface area contributed by atoms with Crippen molar-refractivity contribution in [1.82, 2.24) is 14.9 Å². The highest BCUT2D eigenvalue weighted by atomic mass is 19.1. The van der Waals surface area contributed by atoms with Crippen LogP contribution in [0.3, 0.4) is 0 Å². The lowest BCUT2D eigenvalue weighted by Crippen LogP contribution is -2.38. The van der Waals surface area contributed by atoms with E-state index in [9.17, 15) is 14.0 Å². The van der Waals surface area contributed by atoms with Crippen molar-refractivity contribution >= 4 is 27.8 Å². The highest BCUT2D eigenvalue weighted by Gasteiger charge is 2.20. The van der Waals surface area contributed by atoms with Gasteiger partial charge in [0.1, 0.15) is 5.60 Å². The summed E-state index contributed by atoms with van der Waals surface area (Å²) < 4.78 is 27.5. The molecule has 0 aliphatic rings. The highest BCUT2D eigenvalue weighted by Crippen LogP contribution is 2.29. The molecule has 0 fully saturated rings. The van der Waals surface area contributed by atoms with Crippen LogP contribution in [0.15, 0.2) is 29.2 Å². The molecule has 0 saturated heterocycles. The Kier molecular flexibility index (Phi) is 6.95. The minimum absolute atomic E-state index is 0.0409. The smallest absolute Gasteiger partial charge is 0.407 e. The summed E-state index contributed by atoms with van der Waals surface area (Å²) in [4.78, 5) is 29.0. The van der Waals surface area contributed by atoms with Gasteiger partial charge in [-0.25, -0.2) is 9.18 Å². The van der Waals surface area contributed by atoms with E-state index in [-0.39, 0.29) is 29.9 Å². The molecule has 2 aromatic heterocycles. The third kappa shape index (κ3) is 5.61. The van der Waals surface area contributed by atoms with Crippen LogP contribution in [0.5, 0.6) is 5.75 Å². The van der Waals surface area contributed by atoms with Gasteiger partial charge < -0.3 is 19.4 Å². The molecule has 2 unspecified atom stereocenters. The van der Waals surface area contributed by atoms with Gasteiger partial charge in [0.2, 0.25) is 0 Å². The van der Waals surface area contributed by atoms with Crippen LogP contribution in [0.2, 0.25) is 0 Å². The summed E-state index contributed by atoms with van der Waals surface area (Å²) in [6, 6.07) is 4.57. The van der Waals surface area contributed by atoms with Crippen molar-refractivity contribution in [3.05, 3.63) is 46.3 Å². The summed E-state index contributed by atoms with van der Waals surface area (Å²) in [7, 11) is 1.66. The number of pyridine rings is 2. The lowest BCUT2D eigenvalue weighted by atomic mass is 10.0. The summed E-state index contributed by atoms with van der Waals surface area (Å²) in [6.45, 7) is 11.3. The molecule has 0 aliphatic carbocycles. The first kappa shape index (κ1) is 24.5. The standard InChI is InChI=1S/C25H32FN3O4/c1-14(10-15(2)28-24(31)33-25(4,5)6)13-32-21-12-20-18(11-19(21)26)17-8-9-27-16(3)22(17)23(30)29(20)7/h8-9,11-12,14-15H,10,13H2,1-7H3,(H,28,31). The van der Waals surface area contributed by atoms with Crippen LogP contribution in [-0.4, -0.2) is 33.9 Å². The Bertz CT molecular complexity index is 1250. The molecule has 3 aromatic rings. The number of carbonyl (C=O) groups is 1. The van der Waals surface area contributed by atoms with E-state index in [4.69, 9.17) is 9.47 Å². The number of rotatable bonds is 6. The van der Waals surface area contributed by atoms with Crippen molar-refractivity contribution in [3.8, 4) is 5.75 Å². The Labute approximate surface area is 192 Å². The Balaban J connectivity index is 1.75. The topological polar surface area (TPSA) is 82.5 Å². The van der Waals surface area contributed by atoms with E-state index in [2.05, 4.69) is 10.3 Å². The number of hydrogen-bond donors (Lipinski definition) is 1. The molecule has 1 amide bonds. The second kappa shape index (κ2) is 9.37. The number of aromatic nitrogens is 2. The highest BCUT2D eigenvalue weighted by molar-refractivity contribution is 6.06. The molecule has 0 radical (unpaired) electrons. The fraction of sp³-hybridized carbons (Fsp3) is 0.480. The van der Waals surface area contributed by atoms with Gasteiger partial charge in [0, 0.05) is 30.7 Å². The largest absolute Gasteiger partial charge is 0.490 e.